The monoisotopic (exact) mass is 467 g/mol. The van der Waals surface area contributed by atoms with Gasteiger partial charge < -0.3 is 9.80 Å². The summed E-state index contributed by atoms with van der Waals surface area (Å²) in [5.74, 6) is 1.03. The summed E-state index contributed by atoms with van der Waals surface area (Å²) in [4.78, 5) is 28.7. The molecule has 2 aliphatic rings. The van der Waals surface area contributed by atoms with Crippen LogP contribution >= 0.6 is 23.4 Å². The summed E-state index contributed by atoms with van der Waals surface area (Å²) >= 11 is 7.60. The number of Topliss-reactive ketones (excluding diaryl/α,β-unsaturated/α-hetero) is 1. The number of hydrogen-bond donors (Lipinski definition) is 0. The zero-order valence-corrected chi connectivity index (χ0v) is 19.2. The van der Waals surface area contributed by atoms with Crippen molar-refractivity contribution in [3.8, 4) is 5.69 Å². The van der Waals surface area contributed by atoms with Crippen LogP contribution in [0.25, 0.3) is 5.69 Å². The molecule has 164 valence electrons. The van der Waals surface area contributed by atoms with E-state index < -0.39 is 0 Å². The summed E-state index contributed by atoms with van der Waals surface area (Å²) in [6, 6.07) is 13.0. The fourth-order valence-corrected chi connectivity index (χ4v) is 5.20. The van der Waals surface area contributed by atoms with Crippen LogP contribution in [0, 0.1) is 0 Å². The van der Waals surface area contributed by atoms with E-state index >= 15 is 0 Å². The molecule has 9 heteroatoms. The Balaban J connectivity index is 1.39. The Bertz CT molecular complexity index is 1200. The standard InChI is InChI=1S/C23H22ClN5O2S/c1-27-19-8-7-15(11-16(19)12-21(27)31)20(30)14-32-23-26-25-22(28-9-2-3-10-28)29(23)18-6-4-5-17(24)13-18/h4-8,11,13H,2-3,9-10,12,14H2,1H3. The Morgan fingerprint density at radius 3 is 2.72 bits per heavy atom. The van der Waals surface area contributed by atoms with Gasteiger partial charge in [0.15, 0.2) is 10.9 Å². The molecular weight excluding hydrogens is 446 g/mol. The normalized spacial score (nSPS) is 15.5. The maximum atomic E-state index is 12.9. The zero-order chi connectivity index (χ0) is 22.2. The number of amides is 1. The molecule has 1 saturated heterocycles. The van der Waals surface area contributed by atoms with Gasteiger partial charge in [0.05, 0.1) is 17.9 Å². The number of benzene rings is 2. The Morgan fingerprint density at radius 2 is 1.94 bits per heavy atom. The molecule has 3 aromatic rings. The molecule has 5 rings (SSSR count). The lowest BCUT2D eigenvalue weighted by Crippen LogP contribution is -2.22. The third kappa shape index (κ3) is 3.89. The largest absolute Gasteiger partial charge is 0.341 e. The number of halogens is 1. The molecule has 0 N–H and O–H groups in total. The molecule has 0 radical (unpaired) electrons. The van der Waals surface area contributed by atoms with E-state index in [-0.39, 0.29) is 17.4 Å². The summed E-state index contributed by atoms with van der Waals surface area (Å²) in [6.45, 7) is 1.87. The van der Waals surface area contributed by atoms with Crippen LogP contribution in [-0.2, 0) is 11.2 Å². The number of carbonyl (C=O) groups is 2. The lowest BCUT2D eigenvalue weighted by molar-refractivity contribution is -0.117. The molecule has 2 aromatic carbocycles. The van der Waals surface area contributed by atoms with Crippen molar-refractivity contribution < 1.29 is 9.59 Å². The summed E-state index contributed by atoms with van der Waals surface area (Å²) in [5.41, 5.74) is 3.24. The minimum Gasteiger partial charge on any atom is -0.341 e. The van der Waals surface area contributed by atoms with Gasteiger partial charge in [0.2, 0.25) is 11.9 Å². The minimum atomic E-state index is -0.0110. The van der Waals surface area contributed by atoms with Crippen LogP contribution in [0.15, 0.2) is 47.6 Å². The highest BCUT2D eigenvalue weighted by Crippen LogP contribution is 2.31. The summed E-state index contributed by atoms with van der Waals surface area (Å²) in [6.07, 6.45) is 2.58. The SMILES string of the molecule is CN1C(=O)Cc2cc(C(=O)CSc3nnc(N4CCCC4)n3-c3cccc(Cl)c3)ccc21. The lowest BCUT2D eigenvalue weighted by atomic mass is 10.1. The second-order valence-corrected chi connectivity index (χ2v) is 9.36. The third-order valence-electron chi connectivity index (χ3n) is 5.88. The van der Waals surface area contributed by atoms with Crippen molar-refractivity contribution >= 4 is 46.7 Å². The number of ketones is 1. The molecule has 32 heavy (non-hydrogen) atoms. The first-order chi connectivity index (χ1) is 15.5. The van der Waals surface area contributed by atoms with Gasteiger partial charge in [0.1, 0.15) is 0 Å². The van der Waals surface area contributed by atoms with Crippen LogP contribution < -0.4 is 9.80 Å². The first-order valence-electron chi connectivity index (χ1n) is 10.5. The maximum absolute atomic E-state index is 12.9. The van der Waals surface area contributed by atoms with E-state index in [2.05, 4.69) is 15.1 Å². The fourth-order valence-electron chi connectivity index (χ4n) is 4.18. The van der Waals surface area contributed by atoms with Gasteiger partial charge in [-0.15, -0.1) is 10.2 Å². The van der Waals surface area contributed by atoms with E-state index in [4.69, 9.17) is 11.6 Å². The predicted octanol–water partition coefficient (Wildman–Crippen LogP) is 4.01. The van der Waals surface area contributed by atoms with Gasteiger partial charge in [-0.05, 0) is 54.8 Å². The summed E-state index contributed by atoms with van der Waals surface area (Å²) in [5, 5.41) is 10.1. The van der Waals surface area contributed by atoms with E-state index in [9.17, 15) is 9.59 Å². The number of thioether (sulfide) groups is 1. The van der Waals surface area contributed by atoms with Crippen molar-refractivity contribution in [2.24, 2.45) is 0 Å². The van der Waals surface area contributed by atoms with Crippen LogP contribution in [-0.4, -0.2) is 52.3 Å². The molecule has 1 amide bonds. The van der Waals surface area contributed by atoms with E-state index in [1.807, 2.05) is 41.0 Å². The zero-order valence-electron chi connectivity index (χ0n) is 17.6. The second kappa shape index (κ2) is 8.60. The number of rotatable bonds is 6. The molecule has 0 spiro atoms. The van der Waals surface area contributed by atoms with Crippen molar-refractivity contribution in [2.45, 2.75) is 24.4 Å². The first-order valence-corrected chi connectivity index (χ1v) is 11.9. The Kier molecular flexibility index (Phi) is 5.65. The molecule has 7 nitrogen and oxygen atoms in total. The van der Waals surface area contributed by atoms with Crippen molar-refractivity contribution in [3.63, 3.8) is 0 Å². The summed E-state index contributed by atoms with van der Waals surface area (Å²) in [7, 11) is 1.76. The van der Waals surface area contributed by atoms with Gasteiger partial charge in [0, 0.05) is 36.4 Å². The minimum absolute atomic E-state index is 0.0110. The summed E-state index contributed by atoms with van der Waals surface area (Å²) < 4.78 is 1.98. The fraction of sp³-hybridized carbons (Fsp3) is 0.304. The Morgan fingerprint density at radius 1 is 1.12 bits per heavy atom. The van der Waals surface area contributed by atoms with Crippen LogP contribution in [0.1, 0.15) is 28.8 Å². The molecule has 0 unspecified atom stereocenters. The number of aromatic nitrogens is 3. The third-order valence-corrected chi connectivity index (χ3v) is 7.05. The lowest BCUT2D eigenvalue weighted by Gasteiger charge is -2.18. The van der Waals surface area contributed by atoms with Gasteiger partial charge >= 0.3 is 0 Å². The van der Waals surface area contributed by atoms with Gasteiger partial charge in [-0.25, -0.2) is 0 Å². The van der Waals surface area contributed by atoms with Crippen molar-refractivity contribution in [1.29, 1.82) is 0 Å². The molecule has 0 atom stereocenters. The molecule has 3 heterocycles. The van der Waals surface area contributed by atoms with Crippen LogP contribution in [0.4, 0.5) is 11.6 Å². The smallest absolute Gasteiger partial charge is 0.232 e. The molecular formula is C23H22ClN5O2S. The molecule has 1 fully saturated rings. The first kappa shape index (κ1) is 21.0. The number of nitrogens with zero attached hydrogens (tertiary/aromatic N) is 5. The number of anilines is 2. The second-order valence-electron chi connectivity index (χ2n) is 7.98. The van der Waals surface area contributed by atoms with E-state index in [0.29, 0.717) is 22.2 Å². The van der Waals surface area contributed by atoms with Gasteiger partial charge in [-0.2, -0.15) is 0 Å². The number of hydrogen-bond acceptors (Lipinski definition) is 6. The van der Waals surface area contributed by atoms with Gasteiger partial charge in [-0.1, -0.05) is 29.4 Å². The highest BCUT2D eigenvalue weighted by Gasteiger charge is 2.26. The highest BCUT2D eigenvalue weighted by molar-refractivity contribution is 7.99. The quantitative estimate of drug-likeness (QED) is 0.403. The molecule has 1 aromatic heterocycles. The number of carbonyl (C=O) groups excluding carboxylic acids is 2. The number of likely N-dealkylation sites (N-methyl/N-ethyl adjacent to an activating group) is 1. The van der Waals surface area contributed by atoms with Crippen molar-refractivity contribution in [1.82, 2.24) is 14.8 Å². The molecule has 0 aliphatic carbocycles. The van der Waals surface area contributed by atoms with Crippen LogP contribution in [0.3, 0.4) is 0 Å². The predicted molar refractivity (Wildman–Crippen MR) is 126 cm³/mol. The van der Waals surface area contributed by atoms with E-state index in [0.717, 1.165) is 48.8 Å². The van der Waals surface area contributed by atoms with Crippen LogP contribution in [0.2, 0.25) is 5.02 Å². The van der Waals surface area contributed by atoms with E-state index in [1.54, 1.807) is 18.0 Å². The number of fused-ring (bicyclic) bond motifs is 1. The van der Waals surface area contributed by atoms with Crippen molar-refractivity contribution in [3.05, 3.63) is 58.6 Å². The van der Waals surface area contributed by atoms with Crippen LogP contribution in [0.5, 0.6) is 0 Å². The average Bonchev–Trinajstić information content (AvgIpc) is 3.51. The molecule has 0 saturated carbocycles. The van der Waals surface area contributed by atoms with E-state index in [1.165, 1.54) is 11.8 Å². The highest BCUT2D eigenvalue weighted by atomic mass is 35.5. The van der Waals surface area contributed by atoms with Gasteiger partial charge in [-0.3, -0.25) is 14.2 Å². The average molecular weight is 468 g/mol. The topological polar surface area (TPSA) is 71.3 Å². The molecule has 2 aliphatic heterocycles. The molecule has 0 bridgehead atoms. The van der Waals surface area contributed by atoms with Crippen molar-refractivity contribution in [2.75, 3.05) is 35.7 Å². The van der Waals surface area contributed by atoms with Gasteiger partial charge in [0.25, 0.3) is 0 Å². The Labute approximate surface area is 195 Å². The maximum Gasteiger partial charge on any atom is 0.232 e. The Hall–Kier alpha value is -2.84.